The molecule has 25 heavy (non-hydrogen) atoms. The van der Waals surface area contributed by atoms with E-state index in [9.17, 15) is 9.90 Å². The summed E-state index contributed by atoms with van der Waals surface area (Å²) in [7, 11) is 3.93. The number of aromatic nitrogens is 2. The lowest BCUT2D eigenvalue weighted by atomic mass is 9.94. The number of amides is 1. The predicted octanol–water partition coefficient (Wildman–Crippen LogP) is 0.913. The van der Waals surface area contributed by atoms with Gasteiger partial charge in [-0.1, -0.05) is 0 Å². The van der Waals surface area contributed by atoms with E-state index in [4.69, 9.17) is 5.73 Å². The van der Waals surface area contributed by atoms with E-state index in [0.717, 1.165) is 29.8 Å². The smallest absolute Gasteiger partial charge is 0.222 e. The Kier molecular flexibility index (Phi) is 6.35. The lowest BCUT2D eigenvalue weighted by Crippen LogP contribution is -2.41. The number of nitrogens with two attached hydrogens (primary N) is 1. The van der Waals surface area contributed by atoms with Gasteiger partial charge in [-0.05, 0) is 59.2 Å². The van der Waals surface area contributed by atoms with Crippen LogP contribution in [0.2, 0.25) is 0 Å². The molecule has 3 N–H and O–H groups in total. The molecular weight excluding hydrogens is 318 g/mol. The van der Waals surface area contributed by atoms with Crippen LogP contribution in [0.3, 0.4) is 0 Å². The Bertz CT molecular complexity index is 596. The van der Waals surface area contributed by atoms with Gasteiger partial charge in [0, 0.05) is 37.4 Å². The van der Waals surface area contributed by atoms with Gasteiger partial charge in [0.1, 0.15) is 0 Å². The number of carbonyl (C=O) groups is 1. The number of rotatable bonds is 5. The summed E-state index contributed by atoms with van der Waals surface area (Å²) >= 11 is 0. The van der Waals surface area contributed by atoms with Crippen molar-refractivity contribution in [2.75, 3.05) is 39.5 Å². The molecule has 2 rings (SSSR count). The zero-order valence-corrected chi connectivity index (χ0v) is 15.9. The first-order chi connectivity index (χ1) is 11.7. The summed E-state index contributed by atoms with van der Waals surface area (Å²) in [5.74, 6) is 0.405. The molecule has 1 aromatic rings. The van der Waals surface area contributed by atoms with E-state index in [-0.39, 0.29) is 11.9 Å². The number of anilines is 1. The Balaban J connectivity index is 1.93. The number of aryl methyl sites for hydroxylation is 2. The van der Waals surface area contributed by atoms with Crippen molar-refractivity contribution < 1.29 is 9.90 Å². The van der Waals surface area contributed by atoms with Crippen LogP contribution in [0.15, 0.2) is 0 Å². The zero-order chi connectivity index (χ0) is 18.6. The summed E-state index contributed by atoms with van der Waals surface area (Å²) in [5, 5.41) is 10.7. The number of hydrogen-bond donors (Lipinski definition) is 2. The maximum atomic E-state index is 12.6. The minimum Gasteiger partial charge on any atom is -0.388 e. The SMILES string of the molecule is Cc1nc(N)nc(C)c1CCC(=O)N1CCC[C@](O)(CN(C)C)CC1. The van der Waals surface area contributed by atoms with Crippen LogP contribution in [-0.4, -0.2) is 70.1 Å². The highest BCUT2D eigenvalue weighted by atomic mass is 16.3. The molecule has 0 unspecified atom stereocenters. The summed E-state index contributed by atoms with van der Waals surface area (Å²) < 4.78 is 0. The summed E-state index contributed by atoms with van der Waals surface area (Å²) in [6, 6.07) is 0. The molecule has 1 aliphatic heterocycles. The molecule has 1 amide bonds. The lowest BCUT2D eigenvalue weighted by molar-refractivity contribution is -0.131. The van der Waals surface area contributed by atoms with Crippen LogP contribution in [-0.2, 0) is 11.2 Å². The van der Waals surface area contributed by atoms with Crippen LogP contribution in [0, 0.1) is 13.8 Å². The standard InChI is InChI=1S/C18H31N5O2/c1-13-15(14(2)21-17(19)20-13)6-7-16(24)23-10-5-8-18(25,9-11-23)12-22(3)4/h25H,5-12H2,1-4H3,(H2,19,20,21)/t18-/m1/s1. The Morgan fingerprint density at radius 1 is 1.24 bits per heavy atom. The van der Waals surface area contributed by atoms with Gasteiger partial charge in [-0.25, -0.2) is 9.97 Å². The summed E-state index contributed by atoms with van der Waals surface area (Å²) in [5.41, 5.74) is 7.64. The van der Waals surface area contributed by atoms with Gasteiger partial charge < -0.3 is 20.6 Å². The van der Waals surface area contributed by atoms with Gasteiger partial charge in [-0.2, -0.15) is 0 Å². The second-order valence-corrected chi connectivity index (χ2v) is 7.43. The highest BCUT2D eigenvalue weighted by Crippen LogP contribution is 2.24. The molecule has 1 aliphatic rings. The number of nitrogen functional groups attached to an aromatic ring is 1. The van der Waals surface area contributed by atoms with Crippen LogP contribution >= 0.6 is 0 Å². The van der Waals surface area contributed by atoms with Crippen LogP contribution in [0.1, 0.15) is 42.6 Å². The highest BCUT2D eigenvalue weighted by Gasteiger charge is 2.31. The number of aliphatic hydroxyl groups is 1. The first-order valence-electron chi connectivity index (χ1n) is 8.95. The van der Waals surface area contributed by atoms with Crippen molar-refractivity contribution in [2.24, 2.45) is 0 Å². The number of nitrogens with zero attached hydrogens (tertiary/aromatic N) is 4. The van der Waals surface area contributed by atoms with Gasteiger partial charge in [0.05, 0.1) is 5.60 Å². The molecule has 0 radical (unpaired) electrons. The first-order valence-corrected chi connectivity index (χ1v) is 8.95. The minimum absolute atomic E-state index is 0.129. The largest absolute Gasteiger partial charge is 0.388 e. The average Bonchev–Trinajstić information content (AvgIpc) is 2.67. The predicted molar refractivity (Wildman–Crippen MR) is 98.2 cm³/mol. The van der Waals surface area contributed by atoms with Crippen molar-refractivity contribution in [3.05, 3.63) is 17.0 Å². The molecule has 1 atom stereocenters. The monoisotopic (exact) mass is 349 g/mol. The Labute approximate surface area is 150 Å². The van der Waals surface area contributed by atoms with E-state index >= 15 is 0 Å². The van der Waals surface area contributed by atoms with Gasteiger partial charge >= 0.3 is 0 Å². The summed E-state index contributed by atoms with van der Waals surface area (Å²) in [4.78, 5) is 24.9. The molecule has 0 saturated carbocycles. The average molecular weight is 349 g/mol. The maximum absolute atomic E-state index is 12.6. The van der Waals surface area contributed by atoms with Crippen LogP contribution < -0.4 is 5.73 Å². The third-order valence-corrected chi connectivity index (χ3v) is 4.91. The quantitative estimate of drug-likeness (QED) is 0.820. The van der Waals surface area contributed by atoms with Crippen molar-refractivity contribution in [3.8, 4) is 0 Å². The molecule has 1 aromatic heterocycles. The zero-order valence-electron chi connectivity index (χ0n) is 15.9. The van der Waals surface area contributed by atoms with E-state index in [1.807, 2.05) is 37.7 Å². The normalized spacial score (nSPS) is 21.4. The molecule has 0 bridgehead atoms. The molecular formula is C18H31N5O2. The summed E-state index contributed by atoms with van der Waals surface area (Å²) in [6.07, 6.45) is 3.24. The van der Waals surface area contributed by atoms with Crippen LogP contribution in [0.5, 0.6) is 0 Å². The van der Waals surface area contributed by atoms with E-state index in [2.05, 4.69) is 9.97 Å². The van der Waals surface area contributed by atoms with Crippen molar-refractivity contribution in [3.63, 3.8) is 0 Å². The molecule has 1 saturated heterocycles. The molecule has 7 heteroatoms. The topological polar surface area (TPSA) is 95.6 Å². The fraction of sp³-hybridized carbons (Fsp3) is 0.722. The minimum atomic E-state index is -0.698. The third-order valence-electron chi connectivity index (χ3n) is 4.91. The molecule has 7 nitrogen and oxygen atoms in total. The second-order valence-electron chi connectivity index (χ2n) is 7.43. The molecule has 0 aliphatic carbocycles. The van der Waals surface area contributed by atoms with E-state index < -0.39 is 5.60 Å². The fourth-order valence-corrected chi connectivity index (χ4v) is 3.69. The number of carbonyl (C=O) groups excluding carboxylic acids is 1. The Morgan fingerprint density at radius 3 is 2.48 bits per heavy atom. The molecule has 2 heterocycles. The van der Waals surface area contributed by atoms with Crippen molar-refractivity contribution >= 4 is 11.9 Å². The fourth-order valence-electron chi connectivity index (χ4n) is 3.69. The van der Waals surface area contributed by atoms with Gasteiger partial charge in [0.2, 0.25) is 11.9 Å². The highest BCUT2D eigenvalue weighted by molar-refractivity contribution is 5.76. The molecule has 0 aromatic carbocycles. The van der Waals surface area contributed by atoms with E-state index in [0.29, 0.717) is 38.9 Å². The van der Waals surface area contributed by atoms with Gasteiger partial charge in [-0.3, -0.25) is 4.79 Å². The van der Waals surface area contributed by atoms with E-state index in [1.54, 1.807) is 0 Å². The van der Waals surface area contributed by atoms with Crippen LogP contribution in [0.4, 0.5) is 5.95 Å². The Morgan fingerprint density at radius 2 is 1.88 bits per heavy atom. The van der Waals surface area contributed by atoms with Gasteiger partial charge in [-0.15, -0.1) is 0 Å². The Hall–Kier alpha value is -1.73. The first kappa shape index (κ1) is 19.6. The van der Waals surface area contributed by atoms with Crippen LogP contribution in [0.25, 0.3) is 0 Å². The van der Waals surface area contributed by atoms with Gasteiger partial charge in [0.15, 0.2) is 0 Å². The summed E-state index contributed by atoms with van der Waals surface area (Å²) in [6.45, 7) is 5.76. The molecule has 0 spiro atoms. The van der Waals surface area contributed by atoms with E-state index in [1.165, 1.54) is 0 Å². The van der Waals surface area contributed by atoms with Crippen molar-refractivity contribution in [2.45, 2.75) is 51.6 Å². The maximum Gasteiger partial charge on any atom is 0.222 e. The van der Waals surface area contributed by atoms with Crippen molar-refractivity contribution in [1.82, 2.24) is 19.8 Å². The number of hydrogen-bond acceptors (Lipinski definition) is 6. The number of likely N-dealkylation sites (N-methyl/N-ethyl adjacent to an activating group) is 1. The third kappa shape index (κ3) is 5.37. The lowest BCUT2D eigenvalue weighted by Gasteiger charge is -2.30. The second kappa shape index (κ2) is 8.10. The van der Waals surface area contributed by atoms with Crippen molar-refractivity contribution in [1.29, 1.82) is 0 Å². The molecule has 140 valence electrons. The molecule has 1 fully saturated rings. The number of likely N-dealkylation sites (tertiary alicyclic amines) is 1. The van der Waals surface area contributed by atoms with Gasteiger partial charge in [0.25, 0.3) is 0 Å².